The third kappa shape index (κ3) is 2.05. The van der Waals surface area contributed by atoms with Gasteiger partial charge in [0, 0.05) is 18.1 Å². The van der Waals surface area contributed by atoms with Gasteiger partial charge in [-0.15, -0.1) is 0 Å². The number of anilines is 1. The molecule has 4 nitrogen and oxygen atoms in total. The molecule has 0 bridgehead atoms. The second kappa shape index (κ2) is 4.81. The summed E-state index contributed by atoms with van der Waals surface area (Å²) >= 11 is 0. The molecule has 0 radical (unpaired) electrons. The molecule has 0 spiro atoms. The Kier molecular flexibility index (Phi) is 2.99. The van der Waals surface area contributed by atoms with Gasteiger partial charge in [0.15, 0.2) is 5.69 Å². The third-order valence-corrected chi connectivity index (χ3v) is 3.37. The minimum Gasteiger partial charge on any atom is -0.310 e. The second-order valence-corrected chi connectivity index (χ2v) is 4.82. The predicted octanol–water partition coefficient (Wildman–Crippen LogP) is 3.15. The Bertz CT molecular complexity index is 776. The Balaban J connectivity index is 2.00. The lowest BCUT2D eigenvalue weighted by Crippen LogP contribution is -2.26. The molecular formula is C16H15N3O. The number of H-pyrrole nitrogens is 1. The van der Waals surface area contributed by atoms with E-state index in [-0.39, 0.29) is 5.91 Å². The van der Waals surface area contributed by atoms with Crippen molar-refractivity contribution in [2.24, 2.45) is 0 Å². The number of nitrogens with one attached hydrogen (secondary N) is 1. The summed E-state index contributed by atoms with van der Waals surface area (Å²) in [7, 11) is 1.76. The summed E-state index contributed by atoms with van der Waals surface area (Å²) in [5, 5.41) is 7.88. The standard InChI is InChI=1S/C16H15N3O/c1-11-6-5-7-12(10-11)19(2)16(20)15-13-8-3-4-9-14(13)17-18-15/h3-10H,1-2H3,(H,17,18). The number of aromatic amines is 1. The molecule has 0 aliphatic heterocycles. The Labute approximate surface area is 117 Å². The minimum atomic E-state index is -0.118. The minimum absolute atomic E-state index is 0.118. The zero-order chi connectivity index (χ0) is 14.1. The van der Waals surface area contributed by atoms with Crippen LogP contribution in [0.25, 0.3) is 10.9 Å². The molecule has 1 heterocycles. The van der Waals surface area contributed by atoms with Crippen LogP contribution in [0, 0.1) is 6.92 Å². The van der Waals surface area contributed by atoms with Crippen molar-refractivity contribution in [2.75, 3.05) is 11.9 Å². The number of aromatic nitrogens is 2. The molecule has 0 aliphatic carbocycles. The van der Waals surface area contributed by atoms with Crippen LogP contribution in [0.3, 0.4) is 0 Å². The van der Waals surface area contributed by atoms with E-state index in [4.69, 9.17) is 0 Å². The van der Waals surface area contributed by atoms with Crippen LogP contribution in [-0.2, 0) is 0 Å². The first-order valence-electron chi connectivity index (χ1n) is 6.44. The van der Waals surface area contributed by atoms with E-state index in [0.29, 0.717) is 5.69 Å². The van der Waals surface area contributed by atoms with Crippen molar-refractivity contribution in [1.29, 1.82) is 0 Å². The quantitative estimate of drug-likeness (QED) is 0.773. The maximum Gasteiger partial charge on any atom is 0.279 e. The van der Waals surface area contributed by atoms with Gasteiger partial charge >= 0.3 is 0 Å². The first-order chi connectivity index (χ1) is 9.66. The summed E-state index contributed by atoms with van der Waals surface area (Å²) in [5.41, 5.74) is 3.30. The molecule has 0 fully saturated rings. The average Bonchev–Trinajstić information content (AvgIpc) is 2.89. The van der Waals surface area contributed by atoms with E-state index in [0.717, 1.165) is 22.2 Å². The van der Waals surface area contributed by atoms with Gasteiger partial charge in [-0.1, -0.05) is 30.3 Å². The van der Waals surface area contributed by atoms with Gasteiger partial charge in [-0.05, 0) is 30.7 Å². The number of fused-ring (bicyclic) bond motifs is 1. The summed E-state index contributed by atoms with van der Waals surface area (Å²) in [4.78, 5) is 14.2. The lowest BCUT2D eigenvalue weighted by atomic mass is 10.1. The van der Waals surface area contributed by atoms with Gasteiger partial charge in [-0.2, -0.15) is 5.10 Å². The van der Waals surface area contributed by atoms with Crippen LogP contribution >= 0.6 is 0 Å². The van der Waals surface area contributed by atoms with Crippen molar-refractivity contribution < 1.29 is 4.79 Å². The summed E-state index contributed by atoms with van der Waals surface area (Å²) in [6.07, 6.45) is 0. The highest BCUT2D eigenvalue weighted by Crippen LogP contribution is 2.20. The van der Waals surface area contributed by atoms with Crippen molar-refractivity contribution >= 4 is 22.5 Å². The number of nitrogens with zero attached hydrogens (tertiary/aromatic N) is 2. The predicted molar refractivity (Wildman–Crippen MR) is 80.0 cm³/mol. The van der Waals surface area contributed by atoms with Gasteiger partial charge in [-0.3, -0.25) is 9.89 Å². The molecule has 0 atom stereocenters. The van der Waals surface area contributed by atoms with Crippen molar-refractivity contribution in [3.05, 3.63) is 59.8 Å². The van der Waals surface area contributed by atoms with E-state index >= 15 is 0 Å². The summed E-state index contributed by atoms with van der Waals surface area (Å²) in [6.45, 7) is 2.01. The highest BCUT2D eigenvalue weighted by atomic mass is 16.2. The number of rotatable bonds is 2. The highest BCUT2D eigenvalue weighted by molar-refractivity contribution is 6.12. The van der Waals surface area contributed by atoms with Gasteiger partial charge in [0.2, 0.25) is 0 Å². The fraction of sp³-hybridized carbons (Fsp3) is 0.125. The third-order valence-electron chi connectivity index (χ3n) is 3.37. The highest BCUT2D eigenvalue weighted by Gasteiger charge is 2.19. The molecule has 4 heteroatoms. The van der Waals surface area contributed by atoms with E-state index in [1.807, 2.05) is 55.5 Å². The van der Waals surface area contributed by atoms with Crippen LogP contribution in [0.15, 0.2) is 48.5 Å². The first kappa shape index (κ1) is 12.4. The van der Waals surface area contributed by atoms with Crippen LogP contribution in [0.1, 0.15) is 16.1 Å². The summed E-state index contributed by atoms with van der Waals surface area (Å²) in [5.74, 6) is -0.118. The van der Waals surface area contributed by atoms with Gasteiger partial charge in [0.25, 0.3) is 5.91 Å². The normalized spacial score (nSPS) is 10.7. The average molecular weight is 265 g/mol. The number of hydrogen-bond donors (Lipinski definition) is 1. The molecule has 1 amide bonds. The zero-order valence-corrected chi connectivity index (χ0v) is 11.4. The Morgan fingerprint density at radius 3 is 2.75 bits per heavy atom. The van der Waals surface area contributed by atoms with Crippen LogP contribution in [0.5, 0.6) is 0 Å². The topological polar surface area (TPSA) is 49.0 Å². The van der Waals surface area contributed by atoms with E-state index < -0.39 is 0 Å². The molecule has 20 heavy (non-hydrogen) atoms. The molecule has 1 aromatic heterocycles. The van der Waals surface area contributed by atoms with Gasteiger partial charge in [-0.25, -0.2) is 0 Å². The summed E-state index contributed by atoms with van der Waals surface area (Å²) < 4.78 is 0. The molecule has 0 saturated carbocycles. The monoisotopic (exact) mass is 265 g/mol. The number of benzene rings is 2. The zero-order valence-electron chi connectivity index (χ0n) is 11.4. The number of carbonyl (C=O) groups is 1. The summed E-state index contributed by atoms with van der Waals surface area (Å²) in [6, 6.07) is 15.5. The Hall–Kier alpha value is -2.62. The van der Waals surface area contributed by atoms with Crippen molar-refractivity contribution in [1.82, 2.24) is 10.2 Å². The van der Waals surface area contributed by atoms with Crippen LogP contribution in [0.4, 0.5) is 5.69 Å². The van der Waals surface area contributed by atoms with Gasteiger partial charge in [0.1, 0.15) is 0 Å². The molecule has 100 valence electrons. The van der Waals surface area contributed by atoms with E-state index in [9.17, 15) is 4.79 Å². The van der Waals surface area contributed by atoms with Crippen molar-refractivity contribution in [3.63, 3.8) is 0 Å². The van der Waals surface area contributed by atoms with Crippen molar-refractivity contribution in [3.8, 4) is 0 Å². The lowest BCUT2D eigenvalue weighted by Gasteiger charge is -2.16. The molecule has 1 N–H and O–H groups in total. The van der Waals surface area contributed by atoms with E-state index in [2.05, 4.69) is 10.2 Å². The molecule has 0 aliphatic rings. The van der Waals surface area contributed by atoms with Crippen LogP contribution < -0.4 is 4.90 Å². The molecule has 2 aromatic carbocycles. The lowest BCUT2D eigenvalue weighted by molar-refractivity contribution is 0.0990. The molecule has 3 rings (SSSR count). The van der Waals surface area contributed by atoms with E-state index in [1.54, 1.807) is 11.9 Å². The number of para-hydroxylation sites is 1. The number of carbonyl (C=O) groups excluding carboxylic acids is 1. The largest absolute Gasteiger partial charge is 0.310 e. The molecule has 0 unspecified atom stereocenters. The number of aryl methyl sites for hydroxylation is 1. The Morgan fingerprint density at radius 1 is 1.15 bits per heavy atom. The maximum atomic E-state index is 12.6. The second-order valence-electron chi connectivity index (χ2n) is 4.82. The van der Waals surface area contributed by atoms with E-state index in [1.165, 1.54) is 0 Å². The Morgan fingerprint density at radius 2 is 1.95 bits per heavy atom. The molecule has 0 saturated heterocycles. The van der Waals surface area contributed by atoms with Crippen LogP contribution in [0.2, 0.25) is 0 Å². The first-order valence-corrected chi connectivity index (χ1v) is 6.44. The fourth-order valence-corrected chi connectivity index (χ4v) is 2.24. The fourth-order valence-electron chi connectivity index (χ4n) is 2.24. The SMILES string of the molecule is Cc1cccc(N(C)C(=O)c2n[nH]c3ccccc23)c1. The van der Waals surface area contributed by atoms with Crippen molar-refractivity contribution in [2.45, 2.75) is 6.92 Å². The number of hydrogen-bond acceptors (Lipinski definition) is 2. The van der Waals surface area contributed by atoms with Gasteiger partial charge < -0.3 is 4.90 Å². The molecular weight excluding hydrogens is 250 g/mol. The smallest absolute Gasteiger partial charge is 0.279 e. The maximum absolute atomic E-state index is 12.6. The molecule has 3 aromatic rings. The number of amides is 1. The van der Waals surface area contributed by atoms with Crippen LogP contribution in [-0.4, -0.2) is 23.2 Å². The van der Waals surface area contributed by atoms with Gasteiger partial charge in [0.05, 0.1) is 5.52 Å².